The molecule has 2 aromatic carbocycles. The van der Waals surface area contributed by atoms with Gasteiger partial charge in [0.2, 0.25) is 0 Å². The van der Waals surface area contributed by atoms with Crippen molar-refractivity contribution in [1.82, 2.24) is 4.98 Å². The Morgan fingerprint density at radius 2 is 1.50 bits per heavy atom. The van der Waals surface area contributed by atoms with Gasteiger partial charge in [-0.05, 0) is 24.3 Å². The number of pyridine rings is 1. The van der Waals surface area contributed by atoms with Gasteiger partial charge in [-0.3, -0.25) is 9.59 Å². The van der Waals surface area contributed by atoms with Crippen molar-refractivity contribution in [3.8, 4) is 0 Å². The molecule has 4 rings (SSSR count). The van der Waals surface area contributed by atoms with E-state index >= 15 is 0 Å². The standard InChI is InChI=1S/C19H11NO2S2/c21-18-12-6-4-8-14(24-15-9-1-2-10-20-15)17(12)19(22)11-5-3-7-13(23)16(11)18/h1-10,23H. The Bertz CT molecular complexity index is 984. The van der Waals surface area contributed by atoms with E-state index in [9.17, 15) is 9.59 Å². The Balaban J connectivity index is 1.89. The van der Waals surface area contributed by atoms with Gasteiger partial charge >= 0.3 is 0 Å². The zero-order valence-corrected chi connectivity index (χ0v) is 14.1. The van der Waals surface area contributed by atoms with Crippen molar-refractivity contribution in [1.29, 1.82) is 0 Å². The third-order valence-electron chi connectivity index (χ3n) is 3.86. The SMILES string of the molecule is O=C1c2cccc(Sc3ccccn3)c2C(=O)c2cccc(S)c21. The van der Waals surface area contributed by atoms with Crippen LogP contribution in [0.4, 0.5) is 0 Å². The Morgan fingerprint density at radius 3 is 2.25 bits per heavy atom. The second kappa shape index (κ2) is 5.92. The van der Waals surface area contributed by atoms with Crippen LogP contribution in [0.2, 0.25) is 0 Å². The van der Waals surface area contributed by atoms with Crippen LogP contribution in [0.25, 0.3) is 0 Å². The van der Waals surface area contributed by atoms with Crippen LogP contribution in [-0.4, -0.2) is 16.6 Å². The molecule has 3 aromatic rings. The Morgan fingerprint density at radius 1 is 0.792 bits per heavy atom. The molecule has 1 heterocycles. The van der Waals surface area contributed by atoms with Gasteiger partial charge in [0, 0.05) is 38.2 Å². The van der Waals surface area contributed by atoms with Crippen molar-refractivity contribution in [3.63, 3.8) is 0 Å². The van der Waals surface area contributed by atoms with E-state index in [1.807, 2.05) is 24.3 Å². The molecule has 0 aliphatic heterocycles. The second-order valence-electron chi connectivity index (χ2n) is 5.31. The molecule has 0 spiro atoms. The van der Waals surface area contributed by atoms with Gasteiger partial charge in [-0.15, -0.1) is 12.6 Å². The molecule has 0 bridgehead atoms. The summed E-state index contributed by atoms with van der Waals surface area (Å²) in [6.07, 6.45) is 1.70. The van der Waals surface area contributed by atoms with E-state index in [-0.39, 0.29) is 11.6 Å². The zero-order valence-electron chi connectivity index (χ0n) is 12.4. The van der Waals surface area contributed by atoms with E-state index in [1.165, 1.54) is 11.8 Å². The average molecular weight is 349 g/mol. The number of carbonyl (C=O) groups is 2. The molecule has 1 aliphatic carbocycles. The first-order valence-electron chi connectivity index (χ1n) is 7.30. The minimum atomic E-state index is -0.159. The number of thiol groups is 1. The molecule has 0 unspecified atom stereocenters. The van der Waals surface area contributed by atoms with E-state index in [2.05, 4.69) is 17.6 Å². The molecule has 1 aliphatic rings. The quantitative estimate of drug-likeness (QED) is 0.548. The third-order valence-corrected chi connectivity index (χ3v) is 5.25. The molecule has 5 heteroatoms. The van der Waals surface area contributed by atoms with Crippen LogP contribution in [0.5, 0.6) is 0 Å². The summed E-state index contributed by atoms with van der Waals surface area (Å²) in [5.41, 5.74) is 1.67. The highest BCUT2D eigenvalue weighted by Crippen LogP contribution is 2.37. The largest absolute Gasteiger partial charge is 0.289 e. The molecule has 0 radical (unpaired) electrons. The summed E-state index contributed by atoms with van der Waals surface area (Å²) >= 11 is 5.73. The zero-order chi connectivity index (χ0) is 16.7. The highest BCUT2D eigenvalue weighted by atomic mass is 32.2. The molecule has 0 fully saturated rings. The number of hydrogen-bond acceptors (Lipinski definition) is 5. The lowest BCUT2D eigenvalue weighted by Gasteiger charge is -2.20. The number of carbonyl (C=O) groups excluding carboxylic acids is 2. The van der Waals surface area contributed by atoms with Crippen molar-refractivity contribution in [3.05, 3.63) is 83.0 Å². The third kappa shape index (κ3) is 2.37. The Labute approximate surface area is 148 Å². The lowest BCUT2D eigenvalue weighted by molar-refractivity contribution is 0.0974. The predicted octanol–water partition coefficient (Wildman–Crippen LogP) is 4.30. The van der Waals surface area contributed by atoms with Crippen molar-refractivity contribution in [2.75, 3.05) is 0 Å². The van der Waals surface area contributed by atoms with Crippen molar-refractivity contribution >= 4 is 36.0 Å². The maximum Gasteiger partial charge on any atom is 0.195 e. The van der Waals surface area contributed by atoms with Gasteiger partial charge in [0.25, 0.3) is 0 Å². The maximum absolute atomic E-state index is 13.0. The van der Waals surface area contributed by atoms with Crippen LogP contribution in [0.3, 0.4) is 0 Å². The summed E-state index contributed by atoms with van der Waals surface area (Å²) in [6, 6.07) is 16.1. The van der Waals surface area contributed by atoms with Crippen LogP contribution in [0.1, 0.15) is 31.8 Å². The average Bonchev–Trinajstić information content (AvgIpc) is 2.60. The molecule has 1 aromatic heterocycles. The normalized spacial score (nSPS) is 12.7. The number of benzene rings is 2. The fourth-order valence-corrected chi connectivity index (χ4v) is 4.04. The first-order valence-corrected chi connectivity index (χ1v) is 8.56. The smallest absolute Gasteiger partial charge is 0.195 e. The molecule has 0 atom stereocenters. The Kier molecular flexibility index (Phi) is 3.75. The summed E-state index contributed by atoms with van der Waals surface area (Å²) < 4.78 is 0. The second-order valence-corrected chi connectivity index (χ2v) is 6.85. The minimum absolute atomic E-state index is 0.144. The van der Waals surface area contributed by atoms with Crippen molar-refractivity contribution in [2.45, 2.75) is 14.8 Å². The van der Waals surface area contributed by atoms with Gasteiger partial charge in [-0.1, -0.05) is 42.1 Å². The first-order chi connectivity index (χ1) is 11.7. The van der Waals surface area contributed by atoms with Crippen molar-refractivity contribution < 1.29 is 9.59 Å². The van der Waals surface area contributed by atoms with E-state index in [0.29, 0.717) is 27.1 Å². The molecule has 116 valence electrons. The predicted molar refractivity (Wildman–Crippen MR) is 95.4 cm³/mol. The van der Waals surface area contributed by atoms with Gasteiger partial charge in [0.1, 0.15) is 5.03 Å². The van der Waals surface area contributed by atoms with Crippen LogP contribution in [-0.2, 0) is 0 Å². The van der Waals surface area contributed by atoms with Gasteiger partial charge < -0.3 is 0 Å². The number of fused-ring (bicyclic) bond motifs is 2. The Hall–Kier alpha value is -2.37. The van der Waals surface area contributed by atoms with E-state index in [4.69, 9.17) is 0 Å². The van der Waals surface area contributed by atoms with Crippen LogP contribution >= 0.6 is 24.4 Å². The number of hydrogen-bond donors (Lipinski definition) is 1. The van der Waals surface area contributed by atoms with Gasteiger partial charge in [-0.25, -0.2) is 4.98 Å². The fourth-order valence-electron chi connectivity index (χ4n) is 2.80. The molecule has 0 amide bonds. The first kappa shape index (κ1) is 15.2. The highest BCUT2D eigenvalue weighted by molar-refractivity contribution is 7.99. The lowest BCUT2D eigenvalue weighted by atomic mass is 9.84. The van der Waals surface area contributed by atoms with Gasteiger partial charge in [0.15, 0.2) is 11.6 Å². The number of ketones is 2. The monoisotopic (exact) mass is 349 g/mol. The summed E-state index contributed by atoms with van der Waals surface area (Å²) in [6.45, 7) is 0. The molecule has 0 N–H and O–H groups in total. The molecule has 0 saturated carbocycles. The number of aromatic nitrogens is 1. The highest BCUT2D eigenvalue weighted by Gasteiger charge is 2.32. The van der Waals surface area contributed by atoms with Crippen LogP contribution < -0.4 is 0 Å². The molecule has 0 saturated heterocycles. The van der Waals surface area contributed by atoms with Crippen molar-refractivity contribution in [2.24, 2.45) is 0 Å². The minimum Gasteiger partial charge on any atom is -0.289 e. The van der Waals surface area contributed by atoms with Crippen LogP contribution in [0, 0.1) is 0 Å². The molecule has 24 heavy (non-hydrogen) atoms. The van der Waals surface area contributed by atoms with Gasteiger partial charge in [-0.2, -0.15) is 0 Å². The number of rotatable bonds is 2. The topological polar surface area (TPSA) is 47.0 Å². The van der Waals surface area contributed by atoms with Crippen LogP contribution in [0.15, 0.2) is 75.6 Å². The molecular weight excluding hydrogens is 338 g/mol. The fraction of sp³-hybridized carbons (Fsp3) is 0. The molecular formula is C19H11NO2S2. The molecule has 3 nitrogen and oxygen atoms in total. The summed E-state index contributed by atoms with van der Waals surface area (Å²) in [5.74, 6) is -0.303. The summed E-state index contributed by atoms with van der Waals surface area (Å²) in [5, 5.41) is 0.778. The van der Waals surface area contributed by atoms with E-state index < -0.39 is 0 Å². The number of nitrogens with zero attached hydrogens (tertiary/aromatic N) is 1. The van der Waals surface area contributed by atoms with Gasteiger partial charge in [0.05, 0.1) is 0 Å². The lowest BCUT2D eigenvalue weighted by Crippen LogP contribution is -2.22. The van der Waals surface area contributed by atoms with E-state index in [0.717, 1.165) is 9.92 Å². The summed E-state index contributed by atoms with van der Waals surface area (Å²) in [7, 11) is 0. The van der Waals surface area contributed by atoms with E-state index in [1.54, 1.807) is 36.5 Å². The summed E-state index contributed by atoms with van der Waals surface area (Å²) in [4.78, 5) is 31.4. The maximum atomic E-state index is 13.0.